The maximum Gasteiger partial charge on any atom is 0.00387 e. The predicted octanol–water partition coefficient (Wildman–Crippen LogP) is 3.40. The second kappa shape index (κ2) is 6.42. The van der Waals surface area contributed by atoms with Crippen LogP contribution in [0.2, 0.25) is 0 Å². The topological polar surface area (TPSA) is 3.24 Å². The number of hydrogen-bond acceptors (Lipinski definition) is 1. The predicted molar refractivity (Wildman–Crippen MR) is 61.0 cm³/mol. The van der Waals surface area contributed by atoms with Gasteiger partial charge in [-0.1, -0.05) is 27.7 Å². The van der Waals surface area contributed by atoms with E-state index in [2.05, 4.69) is 32.6 Å². The molecule has 1 nitrogen and oxygen atoms in total. The summed E-state index contributed by atoms with van der Waals surface area (Å²) < 4.78 is 0. The molecule has 0 radical (unpaired) electrons. The van der Waals surface area contributed by atoms with Gasteiger partial charge in [0.05, 0.1) is 0 Å². The Kier molecular flexibility index (Phi) is 6.40. The first-order valence-electron chi connectivity index (χ1n) is 5.85. The van der Waals surface area contributed by atoms with Crippen LogP contribution < -0.4 is 0 Å². The van der Waals surface area contributed by atoms with Gasteiger partial charge in [0, 0.05) is 12.6 Å². The van der Waals surface area contributed by atoms with Crippen molar-refractivity contribution in [2.45, 2.75) is 54.0 Å². The van der Waals surface area contributed by atoms with Gasteiger partial charge in [-0.3, -0.25) is 0 Å². The summed E-state index contributed by atoms with van der Waals surface area (Å²) in [4.78, 5) is 2.59. The molecule has 0 aliphatic carbocycles. The van der Waals surface area contributed by atoms with Gasteiger partial charge in [0.1, 0.15) is 0 Å². The molecule has 80 valence electrons. The van der Waals surface area contributed by atoms with E-state index < -0.39 is 0 Å². The Labute approximate surface area is 84.5 Å². The monoisotopic (exact) mass is 185 g/mol. The molecule has 1 heteroatoms. The molecule has 0 aromatic rings. The minimum atomic E-state index is 0.749. The lowest BCUT2D eigenvalue weighted by Gasteiger charge is -2.21. The molecule has 0 unspecified atom stereocenters. The molecule has 1 aliphatic heterocycles. The molecule has 1 heterocycles. The highest BCUT2D eigenvalue weighted by Crippen LogP contribution is 2.24. The van der Waals surface area contributed by atoms with Crippen LogP contribution in [0.25, 0.3) is 0 Å². The summed E-state index contributed by atoms with van der Waals surface area (Å²) in [5.74, 6) is 1.83. The number of rotatable bonds is 2. The fourth-order valence-corrected chi connectivity index (χ4v) is 1.83. The Balaban J connectivity index is 0.000000671. The quantitative estimate of drug-likeness (QED) is 0.637. The van der Waals surface area contributed by atoms with Crippen molar-refractivity contribution in [3.8, 4) is 0 Å². The van der Waals surface area contributed by atoms with Crippen molar-refractivity contribution < 1.29 is 0 Å². The molecule has 1 saturated heterocycles. The molecule has 1 fully saturated rings. The van der Waals surface area contributed by atoms with Crippen molar-refractivity contribution in [1.29, 1.82) is 0 Å². The van der Waals surface area contributed by atoms with Crippen molar-refractivity contribution in [2.75, 3.05) is 13.1 Å². The molecular formula is C12H27N. The maximum absolute atomic E-state index is 2.59. The highest BCUT2D eigenvalue weighted by molar-refractivity contribution is 4.79. The summed E-state index contributed by atoms with van der Waals surface area (Å²) in [5.41, 5.74) is 0. The first-order chi connectivity index (χ1) is 6.11. The second-order valence-electron chi connectivity index (χ2n) is 4.38. The normalized spacial score (nSPS) is 23.5. The fourth-order valence-electron chi connectivity index (χ4n) is 1.83. The zero-order valence-electron chi connectivity index (χ0n) is 10.3. The van der Waals surface area contributed by atoms with Gasteiger partial charge in [0.15, 0.2) is 0 Å². The molecule has 0 amide bonds. The highest BCUT2D eigenvalue weighted by Gasteiger charge is 2.25. The van der Waals surface area contributed by atoms with E-state index in [9.17, 15) is 0 Å². The Bertz CT molecular complexity index is 104. The van der Waals surface area contributed by atoms with Crippen LogP contribution in [0.3, 0.4) is 0 Å². The SMILES string of the molecule is CC.CC(C)[C@H]1CCN(C(C)C)C1. The molecule has 0 aromatic carbocycles. The van der Waals surface area contributed by atoms with Crippen LogP contribution in [0.1, 0.15) is 48.0 Å². The van der Waals surface area contributed by atoms with Gasteiger partial charge in [-0.2, -0.15) is 0 Å². The van der Waals surface area contributed by atoms with E-state index in [1.54, 1.807) is 0 Å². The average molecular weight is 185 g/mol. The van der Waals surface area contributed by atoms with Crippen LogP contribution in [-0.4, -0.2) is 24.0 Å². The Morgan fingerprint density at radius 1 is 1.08 bits per heavy atom. The molecule has 0 aromatic heterocycles. The van der Waals surface area contributed by atoms with E-state index in [1.807, 2.05) is 13.8 Å². The summed E-state index contributed by atoms with van der Waals surface area (Å²) in [6.45, 7) is 15.9. The smallest absolute Gasteiger partial charge is 0.00387 e. The first kappa shape index (κ1) is 13.0. The molecule has 13 heavy (non-hydrogen) atoms. The van der Waals surface area contributed by atoms with Gasteiger partial charge >= 0.3 is 0 Å². The third kappa shape index (κ3) is 4.12. The summed E-state index contributed by atoms with van der Waals surface area (Å²) in [6.07, 6.45) is 1.41. The van der Waals surface area contributed by atoms with Crippen LogP contribution >= 0.6 is 0 Å². The molecular weight excluding hydrogens is 158 g/mol. The van der Waals surface area contributed by atoms with Gasteiger partial charge in [-0.25, -0.2) is 0 Å². The molecule has 0 saturated carbocycles. The summed E-state index contributed by atoms with van der Waals surface area (Å²) >= 11 is 0. The number of likely N-dealkylation sites (tertiary alicyclic amines) is 1. The minimum absolute atomic E-state index is 0.749. The third-order valence-electron chi connectivity index (χ3n) is 2.93. The molecule has 0 N–H and O–H groups in total. The Morgan fingerprint density at radius 3 is 1.85 bits per heavy atom. The first-order valence-corrected chi connectivity index (χ1v) is 5.85. The zero-order chi connectivity index (χ0) is 10.4. The molecule has 1 aliphatic rings. The largest absolute Gasteiger partial charge is 0.301 e. The van der Waals surface area contributed by atoms with E-state index in [-0.39, 0.29) is 0 Å². The minimum Gasteiger partial charge on any atom is -0.301 e. The second-order valence-corrected chi connectivity index (χ2v) is 4.38. The van der Waals surface area contributed by atoms with Crippen LogP contribution in [0.5, 0.6) is 0 Å². The number of hydrogen-bond donors (Lipinski definition) is 0. The highest BCUT2D eigenvalue weighted by atomic mass is 15.2. The van der Waals surface area contributed by atoms with Gasteiger partial charge in [-0.15, -0.1) is 0 Å². The van der Waals surface area contributed by atoms with Gasteiger partial charge < -0.3 is 4.90 Å². The molecule has 0 bridgehead atoms. The molecule has 1 rings (SSSR count). The average Bonchev–Trinajstić information content (AvgIpc) is 2.56. The van der Waals surface area contributed by atoms with E-state index in [0.29, 0.717) is 0 Å². The zero-order valence-corrected chi connectivity index (χ0v) is 10.3. The Morgan fingerprint density at radius 2 is 1.62 bits per heavy atom. The van der Waals surface area contributed by atoms with Gasteiger partial charge in [-0.05, 0) is 38.6 Å². The summed E-state index contributed by atoms with van der Waals surface area (Å²) in [5, 5.41) is 0. The van der Waals surface area contributed by atoms with Crippen LogP contribution in [0.15, 0.2) is 0 Å². The van der Waals surface area contributed by atoms with E-state index >= 15 is 0 Å². The van der Waals surface area contributed by atoms with E-state index in [4.69, 9.17) is 0 Å². The number of nitrogens with zero attached hydrogens (tertiary/aromatic N) is 1. The maximum atomic E-state index is 2.59. The van der Waals surface area contributed by atoms with Crippen molar-refractivity contribution in [3.05, 3.63) is 0 Å². The van der Waals surface area contributed by atoms with Crippen molar-refractivity contribution in [2.24, 2.45) is 11.8 Å². The lowest BCUT2D eigenvalue weighted by atomic mass is 9.95. The van der Waals surface area contributed by atoms with Crippen molar-refractivity contribution >= 4 is 0 Å². The fraction of sp³-hybridized carbons (Fsp3) is 1.00. The van der Waals surface area contributed by atoms with Crippen molar-refractivity contribution in [3.63, 3.8) is 0 Å². The standard InChI is InChI=1S/C10H21N.C2H6/c1-8(2)10-5-6-11(7-10)9(3)4;1-2/h8-10H,5-7H2,1-4H3;1-2H3/t10-;/m0./s1. The van der Waals surface area contributed by atoms with E-state index in [1.165, 1.54) is 19.5 Å². The Hall–Kier alpha value is -0.0400. The lowest BCUT2D eigenvalue weighted by Crippen LogP contribution is -2.28. The molecule has 0 spiro atoms. The van der Waals surface area contributed by atoms with Gasteiger partial charge in [0.2, 0.25) is 0 Å². The third-order valence-corrected chi connectivity index (χ3v) is 2.93. The van der Waals surface area contributed by atoms with Crippen molar-refractivity contribution in [1.82, 2.24) is 4.90 Å². The summed E-state index contributed by atoms with van der Waals surface area (Å²) in [6, 6.07) is 0.749. The van der Waals surface area contributed by atoms with Crippen LogP contribution in [-0.2, 0) is 0 Å². The van der Waals surface area contributed by atoms with Gasteiger partial charge in [0.25, 0.3) is 0 Å². The van der Waals surface area contributed by atoms with Crippen LogP contribution in [0.4, 0.5) is 0 Å². The summed E-state index contributed by atoms with van der Waals surface area (Å²) in [7, 11) is 0. The van der Waals surface area contributed by atoms with E-state index in [0.717, 1.165) is 17.9 Å². The lowest BCUT2D eigenvalue weighted by molar-refractivity contribution is 0.253. The van der Waals surface area contributed by atoms with Crippen LogP contribution in [0, 0.1) is 11.8 Å². The molecule has 1 atom stereocenters.